The SMILES string of the molecule is O=C(c1ccc(-c2ccc(Cl)c(Cl)c2)cc1)N1CC(N[C@H]2CCN(C(=O)c3ccccc3)C2)C1. The molecule has 2 saturated heterocycles. The smallest absolute Gasteiger partial charge is 0.253 e. The molecule has 1 atom stereocenters. The fourth-order valence-corrected chi connectivity index (χ4v) is 4.89. The Hall–Kier alpha value is -2.86. The van der Waals surface area contributed by atoms with Gasteiger partial charge in [-0.15, -0.1) is 0 Å². The highest BCUT2D eigenvalue weighted by molar-refractivity contribution is 6.42. The summed E-state index contributed by atoms with van der Waals surface area (Å²) >= 11 is 12.1. The Bertz CT molecular complexity index is 1190. The van der Waals surface area contributed by atoms with Gasteiger partial charge in [0.15, 0.2) is 0 Å². The van der Waals surface area contributed by atoms with Crippen LogP contribution in [0.5, 0.6) is 0 Å². The Balaban J connectivity index is 1.11. The number of carbonyl (C=O) groups excluding carboxylic acids is 2. The Morgan fingerprint density at radius 1 is 0.706 bits per heavy atom. The molecule has 3 aromatic carbocycles. The summed E-state index contributed by atoms with van der Waals surface area (Å²) in [6, 6.07) is 23.0. The van der Waals surface area contributed by atoms with Gasteiger partial charge in [-0.2, -0.15) is 0 Å². The number of nitrogens with zero attached hydrogens (tertiary/aromatic N) is 2. The van der Waals surface area contributed by atoms with E-state index in [1.54, 1.807) is 6.07 Å². The second-order valence-electron chi connectivity index (χ2n) is 8.88. The van der Waals surface area contributed by atoms with Crippen LogP contribution in [0.3, 0.4) is 0 Å². The lowest BCUT2D eigenvalue weighted by Gasteiger charge is -2.41. The number of rotatable bonds is 5. The van der Waals surface area contributed by atoms with Gasteiger partial charge < -0.3 is 15.1 Å². The third-order valence-electron chi connectivity index (χ3n) is 6.52. The molecule has 2 amide bonds. The van der Waals surface area contributed by atoms with Crippen molar-refractivity contribution in [1.29, 1.82) is 0 Å². The number of carbonyl (C=O) groups is 2. The van der Waals surface area contributed by atoms with E-state index >= 15 is 0 Å². The Morgan fingerprint density at radius 3 is 2.03 bits per heavy atom. The van der Waals surface area contributed by atoms with Crippen molar-refractivity contribution in [2.45, 2.75) is 18.5 Å². The van der Waals surface area contributed by atoms with E-state index in [0.717, 1.165) is 29.7 Å². The van der Waals surface area contributed by atoms with Crippen molar-refractivity contribution in [2.24, 2.45) is 0 Å². The molecule has 0 spiro atoms. The van der Waals surface area contributed by atoms with Crippen molar-refractivity contribution in [1.82, 2.24) is 15.1 Å². The Labute approximate surface area is 209 Å². The standard InChI is InChI=1S/C27H25Cl2N3O2/c28-24-11-10-21(14-25(24)29)18-6-8-20(9-7-18)27(34)32-16-23(17-32)30-22-12-13-31(15-22)26(33)19-4-2-1-3-5-19/h1-11,14,22-23,30H,12-13,15-17H2/t22-/m0/s1. The van der Waals surface area contributed by atoms with E-state index in [9.17, 15) is 9.59 Å². The predicted molar refractivity (Wildman–Crippen MR) is 135 cm³/mol. The molecule has 34 heavy (non-hydrogen) atoms. The van der Waals surface area contributed by atoms with Crippen molar-refractivity contribution in [3.63, 3.8) is 0 Å². The largest absolute Gasteiger partial charge is 0.337 e. The second kappa shape index (κ2) is 9.79. The summed E-state index contributed by atoms with van der Waals surface area (Å²) in [7, 11) is 0. The molecule has 3 aromatic rings. The van der Waals surface area contributed by atoms with Gasteiger partial charge in [-0.3, -0.25) is 9.59 Å². The fourth-order valence-electron chi connectivity index (χ4n) is 4.59. The van der Waals surface area contributed by atoms with Crippen LogP contribution in [-0.2, 0) is 0 Å². The summed E-state index contributed by atoms with van der Waals surface area (Å²) < 4.78 is 0. The van der Waals surface area contributed by atoms with Crippen LogP contribution >= 0.6 is 23.2 Å². The van der Waals surface area contributed by atoms with E-state index in [1.165, 1.54) is 0 Å². The number of halogens is 2. The molecule has 5 nitrogen and oxygen atoms in total. The molecule has 174 valence electrons. The molecular formula is C27H25Cl2N3O2. The highest BCUT2D eigenvalue weighted by Crippen LogP contribution is 2.29. The van der Waals surface area contributed by atoms with Gasteiger partial charge >= 0.3 is 0 Å². The Morgan fingerprint density at radius 2 is 1.32 bits per heavy atom. The van der Waals surface area contributed by atoms with Gasteiger partial charge in [0.1, 0.15) is 0 Å². The van der Waals surface area contributed by atoms with Gasteiger partial charge in [0.25, 0.3) is 11.8 Å². The number of likely N-dealkylation sites (tertiary alicyclic amines) is 2. The average Bonchev–Trinajstić information content (AvgIpc) is 3.31. The van der Waals surface area contributed by atoms with Crippen molar-refractivity contribution in [3.05, 3.63) is 94.0 Å². The molecule has 0 aromatic heterocycles. The summed E-state index contributed by atoms with van der Waals surface area (Å²) in [6.45, 7) is 2.81. The van der Waals surface area contributed by atoms with Gasteiger partial charge in [0.05, 0.1) is 10.0 Å². The van der Waals surface area contributed by atoms with E-state index in [2.05, 4.69) is 5.32 Å². The number of hydrogen-bond donors (Lipinski definition) is 1. The molecule has 0 radical (unpaired) electrons. The number of benzene rings is 3. The molecule has 0 unspecified atom stereocenters. The van der Waals surface area contributed by atoms with Gasteiger partial charge in [0.2, 0.25) is 0 Å². The predicted octanol–water partition coefficient (Wildman–Crippen LogP) is 4.99. The summed E-state index contributed by atoms with van der Waals surface area (Å²) in [5.74, 6) is 0.116. The second-order valence-corrected chi connectivity index (χ2v) is 9.70. The molecule has 0 saturated carbocycles. The van der Waals surface area contributed by atoms with Gasteiger partial charge in [-0.25, -0.2) is 0 Å². The molecule has 2 aliphatic heterocycles. The lowest BCUT2D eigenvalue weighted by Crippen LogP contribution is -2.62. The zero-order valence-electron chi connectivity index (χ0n) is 18.6. The van der Waals surface area contributed by atoms with Gasteiger partial charge in [0, 0.05) is 49.4 Å². The lowest BCUT2D eigenvalue weighted by atomic mass is 10.0. The molecule has 1 N–H and O–H groups in total. The quantitative estimate of drug-likeness (QED) is 0.544. The number of nitrogens with one attached hydrogen (secondary N) is 1. The molecule has 2 heterocycles. The molecule has 0 aliphatic carbocycles. The number of amides is 2. The average molecular weight is 494 g/mol. The minimum atomic E-state index is 0.0334. The highest BCUT2D eigenvalue weighted by atomic mass is 35.5. The third-order valence-corrected chi connectivity index (χ3v) is 7.26. The molecule has 2 fully saturated rings. The van der Waals surface area contributed by atoms with Crippen LogP contribution in [-0.4, -0.2) is 59.9 Å². The first-order chi connectivity index (χ1) is 16.5. The van der Waals surface area contributed by atoms with E-state index < -0.39 is 0 Å². The van der Waals surface area contributed by atoms with Crippen molar-refractivity contribution >= 4 is 35.0 Å². The molecular weight excluding hydrogens is 469 g/mol. The minimum Gasteiger partial charge on any atom is -0.337 e. The molecule has 7 heteroatoms. The zero-order valence-corrected chi connectivity index (χ0v) is 20.1. The summed E-state index contributed by atoms with van der Waals surface area (Å²) in [6.07, 6.45) is 0.930. The van der Waals surface area contributed by atoms with Crippen LogP contribution in [0.1, 0.15) is 27.1 Å². The van der Waals surface area contributed by atoms with E-state index in [4.69, 9.17) is 23.2 Å². The molecule has 5 rings (SSSR count). The summed E-state index contributed by atoms with van der Waals surface area (Å²) in [5, 5.41) is 4.64. The van der Waals surface area contributed by atoms with Crippen LogP contribution in [0.15, 0.2) is 72.8 Å². The maximum absolute atomic E-state index is 12.9. The van der Waals surface area contributed by atoms with Crippen LogP contribution in [0, 0.1) is 0 Å². The maximum atomic E-state index is 12.9. The van der Waals surface area contributed by atoms with Crippen LogP contribution < -0.4 is 5.32 Å². The van der Waals surface area contributed by atoms with Gasteiger partial charge in [-0.05, 0) is 53.9 Å². The first-order valence-corrected chi connectivity index (χ1v) is 12.2. The van der Waals surface area contributed by atoms with Crippen molar-refractivity contribution in [3.8, 4) is 11.1 Å². The molecule has 0 bridgehead atoms. The zero-order chi connectivity index (χ0) is 23.7. The third kappa shape index (κ3) is 4.83. The van der Waals surface area contributed by atoms with Crippen LogP contribution in [0.4, 0.5) is 0 Å². The number of hydrogen-bond acceptors (Lipinski definition) is 3. The van der Waals surface area contributed by atoms with E-state index in [-0.39, 0.29) is 23.9 Å². The topological polar surface area (TPSA) is 52.7 Å². The normalized spacial score (nSPS) is 18.1. The fraction of sp³-hybridized carbons (Fsp3) is 0.259. The monoisotopic (exact) mass is 493 g/mol. The molecule has 2 aliphatic rings. The van der Waals surface area contributed by atoms with Crippen LogP contribution in [0.25, 0.3) is 11.1 Å². The summed E-state index contributed by atoms with van der Waals surface area (Å²) in [5.41, 5.74) is 3.34. The first-order valence-electron chi connectivity index (χ1n) is 11.4. The highest BCUT2D eigenvalue weighted by Gasteiger charge is 2.35. The summed E-state index contributed by atoms with van der Waals surface area (Å²) in [4.78, 5) is 29.3. The lowest BCUT2D eigenvalue weighted by molar-refractivity contribution is 0.0552. The van der Waals surface area contributed by atoms with Crippen molar-refractivity contribution in [2.75, 3.05) is 26.2 Å². The van der Waals surface area contributed by atoms with E-state index in [0.29, 0.717) is 35.2 Å². The van der Waals surface area contributed by atoms with Crippen LogP contribution in [0.2, 0.25) is 10.0 Å². The maximum Gasteiger partial charge on any atom is 0.253 e. The van der Waals surface area contributed by atoms with Gasteiger partial charge in [-0.1, -0.05) is 59.6 Å². The Kier molecular flexibility index (Phi) is 6.59. The van der Waals surface area contributed by atoms with E-state index in [1.807, 2.05) is 76.5 Å². The minimum absolute atomic E-state index is 0.0334. The van der Waals surface area contributed by atoms with Crippen molar-refractivity contribution < 1.29 is 9.59 Å². The first kappa shape index (κ1) is 22.9.